The number of aryl methyl sites for hydroxylation is 1. The van der Waals surface area contributed by atoms with Gasteiger partial charge in [-0.25, -0.2) is 4.98 Å². The predicted molar refractivity (Wildman–Crippen MR) is 96.3 cm³/mol. The number of nitrogens with zero attached hydrogens (tertiary/aromatic N) is 2. The second kappa shape index (κ2) is 7.71. The van der Waals surface area contributed by atoms with Gasteiger partial charge in [-0.05, 0) is 37.3 Å². The molecule has 0 aliphatic heterocycles. The number of amides is 1. The molecule has 1 amide bonds. The van der Waals surface area contributed by atoms with Gasteiger partial charge in [0, 0.05) is 28.4 Å². The van der Waals surface area contributed by atoms with Gasteiger partial charge in [0.2, 0.25) is 0 Å². The Kier molecular flexibility index (Phi) is 5.40. The van der Waals surface area contributed by atoms with Gasteiger partial charge in [-0.1, -0.05) is 29.2 Å². The van der Waals surface area contributed by atoms with E-state index in [1.165, 1.54) is 17.4 Å². The summed E-state index contributed by atoms with van der Waals surface area (Å²) in [4.78, 5) is 21.3. The second-order valence-corrected chi connectivity index (χ2v) is 7.10. The van der Waals surface area contributed by atoms with Crippen LogP contribution in [0.2, 0.25) is 0 Å². The van der Waals surface area contributed by atoms with E-state index in [0.717, 1.165) is 10.6 Å². The smallest absolute Gasteiger partial charge is 0.288 e. The summed E-state index contributed by atoms with van der Waals surface area (Å²) in [5.74, 6) is -2.88. The molecule has 2 aromatic heterocycles. The summed E-state index contributed by atoms with van der Waals surface area (Å²) in [6.07, 6.45) is 3.38. The maximum absolute atomic E-state index is 12.5. The fourth-order valence-corrected chi connectivity index (χ4v) is 3.62. The normalized spacial score (nSPS) is 10.9. The minimum atomic E-state index is -2.52. The zero-order valence-corrected chi connectivity index (χ0v) is 14.7. The number of carbonyl (C=O) groups excluding carboxylic acids is 1. The first-order valence-electron chi connectivity index (χ1n) is 7.27. The van der Waals surface area contributed by atoms with E-state index in [-0.39, 0.29) is 5.91 Å². The number of alkyl halides is 2. The molecule has 8 heteroatoms. The summed E-state index contributed by atoms with van der Waals surface area (Å²) in [6.45, 7) is 1.80. The van der Waals surface area contributed by atoms with Crippen LogP contribution in [0.1, 0.15) is 16.1 Å². The van der Waals surface area contributed by atoms with Gasteiger partial charge in [0.1, 0.15) is 10.0 Å². The van der Waals surface area contributed by atoms with E-state index < -0.39 is 5.76 Å². The molecule has 3 aromatic rings. The number of benzene rings is 1. The summed E-state index contributed by atoms with van der Waals surface area (Å²) in [7, 11) is 0. The van der Waals surface area contributed by atoms with Crippen molar-refractivity contribution >= 4 is 34.0 Å². The molecule has 1 N–H and O–H groups in total. The average molecular weight is 377 g/mol. The van der Waals surface area contributed by atoms with E-state index in [4.69, 9.17) is 0 Å². The quantitative estimate of drug-likeness (QED) is 0.630. The molecule has 0 bridgehead atoms. The third kappa shape index (κ3) is 4.40. The van der Waals surface area contributed by atoms with Crippen LogP contribution in [0.25, 0.3) is 10.6 Å². The van der Waals surface area contributed by atoms with Crippen LogP contribution in [0.3, 0.4) is 0 Å². The van der Waals surface area contributed by atoms with Gasteiger partial charge < -0.3 is 5.32 Å². The van der Waals surface area contributed by atoms with Crippen molar-refractivity contribution in [3.63, 3.8) is 0 Å². The molecule has 2 heterocycles. The molecule has 0 atom stereocenters. The molecule has 0 saturated heterocycles. The highest BCUT2D eigenvalue weighted by atomic mass is 32.2. The lowest BCUT2D eigenvalue weighted by Gasteiger charge is -2.05. The van der Waals surface area contributed by atoms with E-state index in [9.17, 15) is 13.6 Å². The fourth-order valence-electron chi connectivity index (χ4n) is 2.11. The number of rotatable bonds is 5. The largest absolute Gasteiger partial charge is 0.312 e. The molecule has 1 aromatic carbocycles. The number of thioether (sulfide) groups is 1. The van der Waals surface area contributed by atoms with Crippen molar-refractivity contribution in [3.05, 3.63) is 60.0 Å². The number of carbonyl (C=O) groups is 1. The summed E-state index contributed by atoms with van der Waals surface area (Å²) in [5, 5.41) is 4.17. The topological polar surface area (TPSA) is 54.9 Å². The number of nitrogens with one attached hydrogen (secondary N) is 1. The molecule has 25 heavy (non-hydrogen) atoms. The van der Waals surface area contributed by atoms with Gasteiger partial charge in [-0.2, -0.15) is 8.78 Å². The number of aromatic nitrogens is 2. The summed E-state index contributed by atoms with van der Waals surface area (Å²) in [6, 6.07) is 9.87. The van der Waals surface area contributed by atoms with Gasteiger partial charge in [0.05, 0.1) is 5.69 Å². The van der Waals surface area contributed by atoms with Crippen molar-refractivity contribution in [3.8, 4) is 10.6 Å². The van der Waals surface area contributed by atoms with E-state index >= 15 is 0 Å². The first-order chi connectivity index (χ1) is 12.0. The molecule has 0 aliphatic carbocycles. The lowest BCUT2D eigenvalue weighted by atomic mass is 10.2. The third-order valence-electron chi connectivity index (χ3n) is 3.25. The van der Waals surface area contributed by atoms with Crippen LogP contribution in [-0.2, 0) is 0 Å². The second-order valence-electron chi connectivity index (χ2n) is 5.04. The number of hydrogen-bond donors (Lipinski definition) is 1. The Hall–Kier alpha value is -2.32. The minimum Gasteiger partial charge on any atom is -0.312 e. The van der Waals surface area contributed by atoms with Crippen LogP contribution >= 0.6 is 23.1 Å². The van der Waals surface area contributed by atoms with Crippen molar-refractivity contribution in [2.75, 3.05) is 5.32 Å². The molecule has 0 spiro atoms. The molecule has 3 rings (SSSR count). The molecule has 0 radical (unpaired) electrons. The molecule has 128 valence electrons. The fraction of sp³-hybridized carbons (Fsp3) is 0.118. The van der Waals surface area contributed by atoms with Crippen molar-refractivity contribution < 1.29 is 13.6 Å². The first kappa shape index (κ1) is 17.5. The Morgan fingerprint density at radius 1 is 1.28 bits per heavy atom. The summed E-state index contributed by atoms with van der Waals surface area (Å²) < 4.78 is 24.9. The van der Waals surface area contributed by atoms with Gasteiger partial charge >= 0.3 is 0 Å². The van der Waals surface area contributed by atoms with Gasteiger partial charge in [-0.15, -0.1) is 0 Å². The monoisotopic (exact) mass is 377 g/mol. The minimum absolute atomic E-state index is 0.321. The molecule has 0 aliphatic rings. The Balaban J connectivity index is 1.79. The maximum atomic E-state index is 12.5. The lowest BCUT2D eigenvalue weighted by molar-refractivity contribution is 0.102. The maximum Gasteiger partial charge on any atom is 0.288 e. The number of halogens is 2. The van der Waals surface area contributed by atoms with Crippen LogP contribution in [0.4, 0.5) is 13.8 Å². The van der Waals surface area contributed by atoms with Crippen LogP contribution in [-0.4, -0.2) is 21.6 Å². The van der Waals surface area contributed by atoms with Crippen molar-refractivity contribution in [2.45, 2.75) is 17.6 Å². The zero-order valence-electron chi connectivity index (χ0n) is 13.1. The molecule has 0 saturated carbocycles. The van der Waals surface area contributed by atoms with Crippen LogP contribution < -0.4 is 5.32 Å². The number of anilines is 1. The molecule has 4 nitrogen and oxygen atoms in total. The lowest BCUT2D eigenvalue weighted by Crippen LogP contribution is -2.11. The predicted octanol–water partition coefficient (Wildman–Crippen LogP) is 5.08. The number of pyridine rings is 1. The highest BCUT2D eigenvalue weighted by Gasteiger charge is 2.14. The average Bonchev–Trinajstić information content (AvgIpc) is 2.96. The van der Waals surface area contributed by atoms with E-state index in [0.29, 0.717) is 32.9 Å². The number of hydrogen-bond acceptors (Lipinski definition) is 5. The van der Waals surface area contributed by atoms with Gasteiger partial charge in [0.25, 0.3) is 11.7 Å². The zero-order chi connectivity index (χ0) is 17.8. The highest BCUT2D eigenvalue weighted by molar-refractivity contribution is 7.99. The van der Waals surface area contributed by atoms with E-state index in [1.807, 2.05) is 12.1 Å². The van der Waals surface area contributed by atoms with E-state index in [1.54, 1.807) is 37.5 Å². The van der Waals surface area contributed by atoms with Crippen molar-refractivity contribution in [1.29, 1.82) is 0 Å². The Morgan fingerprint density at radius 2 is 2.12 bits per heavy atom. The Morgan fingerprint density at radius 3 is 2.84 bits per heavy atom. The standard InChI is InChI=1S/C17H13F2N3OS2/c1-10-15(25-16(21-10)12-5-3-7-20-9-12)22-14(23)11-4-2-6-13(8-11)24-17(18)19/h2-9,17H,1H3,(H,22,23). The molecular formula is C17H13F2N3OS2. The molecule has 0 fully saturated rings. The van der Waals surface area contributed by atoms with Gasteiger partial charge in [0.15, 0.2) is 0 Å². The van der Waals surface area contributed by atoms with E-state index in [2.05, 4.69) is 15.3 Å². The molecule has 0 unspecified atom stereocenters. The number of thiazole rings is 1. The third-order valence-corrected chi connectivity index (χ3v) is 5.08. The van der Waals surface area contributed by atoms with Crippen LogP contribution in [0.15, 0.2) is 53.7 Å². The summed E-state index contributed by atoms with van der Waals surface area (Å²) >= 11 is 1.75. The first-order valence-corrected chi connectivity index (χ1v) is 8.96. The summed E-state index contributed by atoms with van der Waals surface area (Å²) in [5.41, 5.74) is 1.88. The van der Waals surface area contributed by atoms with Gasteiger partial charge in [-0.3, -0.25) is 9.78 Å². The van der Waals surface area contributed by atoms with Crippen LogP contribution in [0.5, 0.6) is 0 Å². The highest BCUT2D eigenvalue weighted by Crippen LogP contribution is 2.32. The van der Waals surface area contributed by atoms with Crippen LogP contribution in [0, 0.1) is 6.92 Å². The Bertz CT molecular complexity index is 885. The van der Waals surface area contributed by atoms with Crippen molar-refractivity contribution in [1.82, 2.24) is 9.97 Å². The SMILES string of the molecule is Cc1nc(-c2cccnc2)sc1NC(=O)c1cccc(SC(F)F)c1. The Labute approximate surface area is 151 Å². The van der Waals surface area contributed by atoms with Crippen molar-refractivity contribution in [2.24, 2.45) is 0 Å². The molecular weight excluding hydrogens is 364 g/mol.